The van der Waals surface area contributed by atoms with E-state index < -0.39 is 0 Å². The molecule has 25 heavy (non-hydrogen) atoms. The topological polar surface area (TPSA) is 68.5 Å². The van der Waals surface area contributed by atoms with Gasteiger partial charge in [0.1, 0.15) is 0 Å². The Bertz CT molecular complexity index is 713. The lowest BCUT2D eigenvalue weighted by Crippen LogP contribution is -2.45. The Balaban J connectivity index is 0.00000156. The first-order valence-corrected chi connectivity index (χ1v) is 8.41. The molecule has 2 aromatic rings. The summed E-state index contributed by atoms with van der Waals surface area (Å²) >= 11 is 1.66. The van der Waals surface area contributed by atoms with Crippen molar-refractivity contribution in [1.82, 2.24) is 10.2 Å². The number of thiophene rings is 1. The zero-order valence-corrected chi connectivity index (χ0v) is 16.2. The molecule has 5 nitrogen and oxygen atoms in total. The second kappa shape index (κ2) is 9.85. The predicted octanol–water partition coefficient (Wildman–Crippen LogP) is 3.17. The quantitative estimate of drug-likeness (QED) is 0.822. The molecule has 0 saturated carbocycles. The minimum Gasteiger partial charge on any atom is -0.504 e. The van der Waals surface area contributed by atoms with Gasteiger partial charge >= 0.3 is 0 Å². The third-order valence-electron chi connectivity index (χ3n) is 4.08. The predicted molar refractivity (Wildman–Crippen MR) is 104 cm³/mol. The van der Waals surface area contributed by atoms with Crippen LogP contribution in [0.5, 0.6) is 11.5 Å². The molecule has 0 bridgehead atoms. The van der Waals surface area contributed by atoms with Crippen LogP contribution in [-0.2, 0) is 0 Å². The Hall–Kier alpha value is -1.49. The van der Waals surface area contributed by atoms with Crippen molar-refractivity contribution in [2.45, 2.75) is 6.04 Å². The number of nitriles is 1. The molecule has 1 aromatic carbocycles. The lowest BCUT2D eigenvalue weighted by atomic mass is 9.98. The average Bonchev–Trinajstić information content (AvgIpc) is 3.12. The lowest BCUT2D eigenvalue weighted by molar-refractivity contribution is 0.197. The molecule has 1 fully saturated rings. The number of nitrogens with one attached hydrogen (secondary N) is 1. The summed E-state index contributed by atoms with van der Waals surface area (Å²) in [6, 6.07) is 9.51. The molecule has 1 aliphatic heterocycles. The fraction of sp³-hybridized carbons (Fsp3) is 0.353. The molecule has 1 aliphatic rings. The van der Waals surface area contributed by atoms with Gasteiger partial charge in [0, 0.05) is 42.7 Å². The van der Waals surface area contributed by atoms with E-state index in [1.54, 1.807) is 23.5 Å². The summed E-state index contributed by atoms with van der Waals surface area (Å²) in [5.41, 5.74) is 1.22. The number of benzene rings is 1. The highest BCUT2D eigenvalue weighted by atomic mass is 35.5. The van der Waals surface area contributed by atoms with Crippen LogP contribution >= 0.6 is 36.2 Å². The van der Waals surface area contributed by atoms with Crippen LogP contribution in [0, 0.1) is 11.3 Å². The molecule has 1 saturated heterocycles. The van der Waals surface area contributed by atoms with Crippen molar-refractivity contribution in [3.05, 3.63) is 45.6 Å². The van der Waals surface area contributed by atoms with Crippen LogP contribution < -0.4 is 10.1 Å². The number of hydrogen-bond acceptors (Lipinski definition) is 6. The van der Waals surface area contributed by atoms with Gasteiger partial charge in [-0.05, 0) is 17.5 Å². The van der Waals surface area contributed by atoms with Gasteiger partial charge < -0.3 is 15.2 Å². The van der Waals surface area contributed by atoms with Crippen LogP contribution in [0.25, 0.3) is 0 Å². The maximum Gasteiger partial charge on any atom is 0.162 e. The zero-order valence-electron chi connectivity index (χ0n) is 13.8. The lowest BCUT2D eigenvalue weighted by Gasteiger charge is -2.35. The van der Waals surface area contributed by atoms with Crippen LogP contribution in [-0.4, -0.2) is 43.3 Å². The van der Waals surface area contributed by atoms with Crippen molar-refractivity contribution in [3.63, 3.8) is 0 Å². The number of hydrogen-bond donors (Lipinski definition) is 2. The molecular weight excluding hydrogens is 381 g/mol. The fourth-order valence-corrected chi connectivity index (χ4v) is 3.85. The van der Waals surface area contributed by atoms with Gasteiger partial charge in [0.05, 0.1) is 24.8 Å². The second-order valence-corrected chi connectivity index (χ2v) is 6.41. The van der Waals surface area contributed by atoms with Crippen LogP contribution in [0.4, 0.5) is 0 Å². The smallest absolute Gasteiger partial charge is 0.162 e. The summed E-state index contributed by atoms with van der Waals surface area (Å²) in [4.78, 5) is 3.48. The van der Waals surface area contributed by atoms with Crippen LogP contribution in [0.3, 0.4) is 0 Å². The second-order valence-electron chi connectivity index (χ2n) is 5.43. The SMILES string of the molecule is COc1cc(C#N)cc([C@@H](c2cccs2)N2CCNCC2)c1O.Cl.Cl. The van der Waals surface area contributed by atoms with Gasteiger partial charge in [0.2, 0.25) is 0 Å². The minimum atomic E-state index is -0.0701. The third-order valence-corrected chi connectivity index (χ3v) is 5.00. The molecule has 136 valence electrons. The molecule has 8 heteroatoms. The summed E-state index contributed by atoms with van der Waals surface area (Å²) in [7, 11) is 1.50. The van der Waals surface area contributed by atoms with Gasteiger partial charge in [0.15, 0.2) is 11.5 Å². The minimum absolute atomic E-state index is 0. The highest BCUT2D eigenvalue weighted by Gasteiger charge is 2.28. The van der Waals surface area contributed by atoms with E-state index >= 15 is 0 Å². The van der Waals surface area contributed by atoms with E-state index in [-0.39, 0.29) is 36.6 Å². The number of phenolic OH excluding ortho intramolecular Hbond substituents is 1. The first kappa shape index (κ1) is 21.6. The number of nitrogens with zero attached hydrogens (tertiary/aromatic N) is 2. The number of phenols is 1. The number of rotatable bonds is 4. The maximum absolute atomic E-state index is 10.6. The molecule has 2 N–H and O–H groups in total. The Morgan fingerprint density at radius 1 is 1.32 bits per heavy atom. The van der Waals surface area contributed by atoms with E-state index in [2.05, 4.69) is 22.4 Å². The Morgan fingerprint density at radius 3 is 2.60 bits per heavy atom. The molecular formula is C17H21Cl2N3O2S. The largest absolute Gasteiger partial charge is 0.504 e. The van der Waals surface area contributed by atoms with E-state index in [0.717, 1.165) is 36.6 Å². The van der Waals surface area contributed by atoms with E-state index in [1.165, 1.54) is 7.11 Å². The van der Waals surface area contributed by atoms with Crippen molar-refractivity contribution in [3.8, 4) is 17.6 Å². The number of halogens is 2. The Kier molecular flexibility index (Phi) is 8.50. The fourth-order valence-electron chi connectivity index (χ4n) is 2.98. The van der Waals surface area contributed by atoms with Gasteiger partial charge in [-0.15, -0.1) is 36.2 Å². The Morgan fingerprint density at radius 2 is 2.04 bits per heavy atom. The van der Waals surface area contributed by atoms with E-state index in [0.29, 0.717) is 11.3 Å². The molecule has 2 heterocycles. The van der Waals surface area contributed by atoms with Gasteiger partial charge in [0.25, 0.3) is 0 Å². The molecule has 1 atom stereocenters. The van der Waals surface area contributed by atoms with Crippen molar-refractivity contribution in [2.75, 3.05) is 33.3 Å². The first-order chi connectivity index (χ1) is 11.2. The van der Waals surface area contributed by atoms with Crippen LogP contribution in [0.1, 0.15) is 22.0 Å². The molecule has 0 aliphatic carbocycles. The summed E-state index contributed by atoms with van der Waals surface area (Å²) in [6.07, 6.45) is 0. The summed E-state index contributed by atoms with van der Waals surface area (Å²) < 4.78 is 5.25. The van der Waals surface area contributed by atoms with Gasteiger partial charge in [-0.25, -0.2) is 0 Å². The maximum atomic E-state index is 10.6. The summed E-state index contributed by atoms with van der Waals surface area (Å²) in [5.74, 6) is 0.458. The van der Waals surface area contributed by atoms with Gasteiger partial charge in [-0.3, -0.25) is 4.90 Å². The first-order valence-electron chi connectivity index (χ1n) is 7.53. The highest BCUT2D eigenvalue weighted by Crippen LogP contribution is 2.41. The molecule has 0 spiro atoms. The van der Waals surface area contributed by atoms with Crippen molar-refractivity contribution >= 4 is 36.2 Å². The monoisotopic (exact) mass is 401 g/mol. The van der Waals surface area contributed by atoms with Crippen LogP contribution in [0.15, 0.2) is 29.6 Å². The number of aromatic hydroxyl groups is 1. The third kappa shape index (κ3) is 4.57. The van der Waals surface area contributed by atoms with Gasteiger partial charge in [-0.2, -0.15) is 5.26 Å². The van der Waals surface area contributed by atoms with Crippen LogP contribution in [0.2, 0.25) is 0 Å². The molecule has 3 rings (SSSR count). The zero-order chi connectivity index (χ0) is 16.2. The normalized spacial score (nSPS) is 15.4. The summed E-state index contributed by atoms with van der Waals surface area (Å²) in [5, 5.41) is 25.3. The van der Waals surface area contributed by atoms with Gasteiger partial charge in [-0.1, -0.05) is 6.07 Å². The van der Waals surface area contributed by atoms with E-state index in [4.69, 9.17) is 4.74 Å². The molecule has 0 unspecified atom stereocenters. The Labute approximate surface area is 164 Å². The summed E-state index contributed by atoms with van der Waals surface area (Å²) in [6.45, 7) is 3.61. The molecule has 1 aromatic heterocycles. The standard InChI is InChI=1S/C17H19N3O2S.2ClH/c1-22-14-10-12(11-18)9-13(17(14)21)16(15-3-2-8-23-15)20-6-4-19-5-7-20;;/h2-3,8-10,16,19,21H,4-7H2,1H3;2*1H/t16-;;/m0../s1. The highest BCUT2D eigenvalue weighted by molar-refractivity contribution is 7.10. The van der Waals surface area contributed by atoms with E-state index in [1.807, 2.05) is 11.4 Å². The van der Waals surface area contributed by atoms with E-state index in [9.17, 15) is 10.4 Å². The number of piperazine rings is 1. The molecule has 0 amide bonds. The number of ether oxygens (including phenoxy) is 1. The average molecular weight is 402 g/mol. The van der Waals surface area contributed by atoms with Crippen molar-refractivity contribution < 1.29 is 9.84 Å². The van der Waals surface area contributed by atoms with Crippen molar-refractivity contribution in [2.24, 2.45) is 0 Å². The number of methoxy groups -OCH3 is 1. The van der Waals surface area contributed by atoms with Crippen molar-refractivity contribution in [1.29, 1.82) is 5.26 Å². The molecule has 0 radical (unpaired) electrons.